The molecular weight excluding hydrogens is 240 g/mol. The number of benzene rings is 1. The van der Waals surface area contributed by atoms with Crippen molar-refractivity contribution < 1.29 is 13.2 Å². The molecule has 0 aliphatic rings. The fraction of sp³-hybridized carbons (Fsp3) is 0.143. The van der Waals surface area contributed by atoms with Gasteiger partial charge in [-0.1, -0.05) is 23.2 Å². The number of hydrogen-bond acceptors (Lipinski definition) is 2. The Balaban J connectivity index is 2.68. The van der Waals surface area contributed by atoms with E-state index in [1.54, 1.807) is 0 Å². The van der Waals surface area contributed by atoms with Gasteiger partial charge in [-0.25, -0.2) is 0 Å². The molecule has 0 spiro atoms. The zero-order valence-corrected chi connectivity index (χ0v) is 8.13. The van der Waals surface area contributed by atoms with Crippen LogP contribution < -0.4 is 10.9 Å². The smallest absolute Gasteiger partial charge is 0.314 e. The van der Waals surface area contributed by atoms with Crippen LogP contribution in [-0.2, 0) is 0 Å². The Morgan fingerprint density at radius 1 is 1.00 bits per heavy atom. The van der Waals surface area contributed by atoms with Gasteiger partial charge in [0, 0.05) is 10.0 Å². The van der Waals surface area contributed by atoms with Crippen LogP contribution in [-0.4, -0.2) is 6.30 Å². The molecule has 0 amide bonds. The molecule has 0 fully saturated rings. The van der Waals surface area contributed by atoms with Gasteiger partial charge in [0.15, 0.2) is 0 Å². The van der Waals surface area contributed by atoms with Crippen LogP contribution in [0.4, 0.5) is 18.9 Å². The number of halogens is 5. The van der Waals surface area contributed by atoms with Crippen LogP contribution in [0.1, 0.15) is 0 Å². The van der Waals surface area contributed by atoms with Gasteiger partial charge in [0.05, 0.1) is 5.69 Å². The quantitative estimate of drug-likeness (QED) is 0.616. The molecule has 0 radical (unpaired) electrons. The summed E-state index contributed by atoms with van der Waals surface area (Å²) >= 11 is 11.1. The van der Waals surface area contributed by atoms with Gasteiger partial charge in [0.25, 0.3) is 0 Å². The number of alkyl halides is 3. The maximum absolute atomic E-state index is 11.7. The van der Waals surface area contributed by atoms with Gasteiger partial charge in [-0.2, -0.15) is 13.2 Å². The molecule has 0 aliphatic heterocycles. The van der Waals surface area contributed by atoms with E-state index in [-0.39, 0.29) is 15.7 Å². The van der Waals surface area contributed by atoms with E-state index in [0.29, 0.717) is 0 Å². The fourth-order valence-electron chi connectivity index (χ4n) is 0.769. The first-order valence-corrected chi connectivity index (χ1v) is 4.18. The van der Waals surface area contributed by atoms with E-state index >= 15 is 0 Å². The Hall–Kier alpha value is -0.650. The topological polar surface area (TPSA) is 24.1 Å². The van der Waals surface area contributed by atoms with Gasteiger partial charge in [-0.3, -0.25) is 0 Å². The highest BCUT2D eigenvalue weighted by molar-refractivity contribution is 6.35. The lowest BCUT2D eigenvalue weighted by Crippen LogP contribution is -2.36. The summed E-state index contributed by atoms with van der Waals surface area (Å²) in [6.45, 7) is 0. The van der Waals surface area contributed by atoms with E-state index in [0.717, 1.165) is 5.43 Å². The maximum atomic E-state index is 11.7. The molecule has 0 heterocycles. The van der Waals surface area contributed by atoms with Crippen LogP contribution in [0.15, 0.2) is 18.2 Å². The van der Waals surface area contributed by atoms with Crippen molar-refractivity contribution in [2.24, 2.45) is 0 Å². The lowest BCUT2D eigenvalue weighted by atomic mass is 10.3. The van der Waals surface area contributed by atoms with Gasteiger partial charge in [0.1, 0.15) is 0 Å². The average Bonchev–Trinajstić information content (AvgIpc) is 1.97. The molecule has 2 nitrogen and oxygen atoms in total. The molecule has 0 unspecified atom stereocenters. The molecule has 0 aliphatic carbocycles. The zero-order valence-electron chi connectivity index (χ0n) is 6.62. The summed E-state index contributed by atoms with van der Waals surface area (Å²) in [6, 6.07) is 4.04. The molecule has 0 aromatic heterocycles. The van der Waals surface area contributed by atoms with Crippen LogP contribution in [0.2, 0.25) is 10.0 Å². The van der Waals surface area contributed by atoms with Crippen LogP contribution in [0, 0.1) is 0 Å². The van der Waals surface area contributed by atoms with Crippen molar-refractivity contribution >= 4 is 28.9 Å². The summed E-state index contributed by atoms with van der Waals surface area (Å²) in [5, 5.41) is 0.507. The van der Waals surface area contributed by atoms with Gasteiger partial charge in [0.2, 0.25) is 0 Å². The predicted molar refractivity (Wildman–Crippen MR) is 49.3 cm³/mol. The first-order chi connectivity index (χ1) is 6.37. The summed E-state index contributed by atoms with van der Waals surface area (Å²) in [6.07, 6.45) is -4.51. The Kier molecular flexibility index (Phi) is 3.47. The van der Waals surface area contributed by atoms with Crippen LogP contribution >= 0.6 is 23.2 Å². The van der Waals surface area contributed by atoms with Crippen LogP contribution in [0.3, 0.4) is 0 Å². The van der Waals surface area contributed by atoms with Crippen molar-refractivity contribution in [1.29, 1.82) is 0 Å². The lowest BCUT2D eigenvalue weighted by Gasteiger charge is -2.11. The largest absolute Gasteiger partial charge is 0.474 e. The normalized spacial score (nSPS) is 11.5. The Labute approximate surface area is 88.0 Å². The van der Waals surface area contributed by atoms with Crippen LogP contribution in [0.5, 0.6) is 0 Å². The number of nitrogens with one attached hydrogen (secondary N) is 2. The molecule has 7 heteroatoms. The molecule has 0 bridgehead atoms. The highest BCUT2D eigenvalue weighted by atomic mass is 35.5. The lowest BCUT2D eigenvalue weighted by molar-refractivity contribution is -0.151. The molecule has 1 aromatic rings. The van der Waals surface area contributed by atoms with Crippen molar-refractivity contribution in [1.82, 2.24) is 5.43 Å². The van der Waals surface area contributed by atoms with E-state index in [2.05, 4.69) is 0 Å². The van der Waals surface area contributed by atoms with Crippen molar-refractivity contribution in [3.8, 4) is 0 Å². The van der Waals surface area contributed by atoms with Gasteiger partial charge < -0.3 is 5.43 Å². The van der Waals surface area contributed by atoms with Gasteiger partial charge >= 0.3 is 6.30 Å². The summed E-state index contributed by atoms with van der Waals surface area (Å²) in [5.41, 5.74) is 3.19. The minimum absolute atomic E-state index is 0.139. The molecule has 78 valence electrons. The molecule has 2 N–H and O–H groups in total. The van der Waals surface area contributed by atoms with E-state index in [9.17, 15) is 13.2 Å². The van der Waals surface area contributed by atoms with Gasteiger partial charge in [-0.15, -0.1) is 5.43 Å². The summed E-state index contributed by atoms with van der Waals surface area (Å²) in [5.74, 6) is 0. The Morgan fingerprint density at radius 2 is 1.50 bits per heavy atom. The summed E-state index contributed by atoms with van der Waals surface area (Å²) in [4.78, 5) is 0. The molecule has 14 heavy (non-hydrogen) atoms. The average molecular weight is 245 g/mol. The maximum Gasteiger partial charge on any atom is 0.474 e. The highest BCUT2D eigenvalue weighted by Gasteiger charge is 2.26. The third-order valence-corrected chi connectivity index (χ3v) is 1.65. The Morgan fingerprint density at radius 3 is 1.93 bits per heavy atom. The number of rotatable bonds is 2. The third kappa shape index (κ3) is 4.04. The molecule has 0 saturated carbocycles. The SMILES string of the molecule is FC(F)(F)NNc1cc(Cl)cc(Cl)c1. The minimum Gasteiger partial charge on any atom is -0.314 e. The monoisotopic (exact) mass is 244 g/mol. The second kappa shape index (κ2) is 4.25. The highest BCUT2D eigenvalue weighted by Crippen LogP contribution is 2.22. The number of hydrazine groups is 1. The third-order valence-electron chi connectivity index (χ3n) is 1.21. The van der Waals surface area contributed by atoms with E-state index in [1.165, 1.54) is 18.2 Å². The second-order valence-corrected chi connectivity index (χ2v) is 3.28. The van der Waals surface area contributed by atoms with Crippen molar-refractivity contribution in [3.05, 3.63) is 28.2 Å². The first kappa shape index (κ1) is 11.4. The standard InChI is InChI=1S/C7H5Cl2F3N2/c8-4-1-5(9)3-6(2-4)13-14-7(10,11)12/h1-3,13-14H. The number of anilines is 1. The van der Waals surface area contributed by atoms with Crippen molar-refractivity contribution in [2.45, 2.75) is 6.30 Å². The summed E-state index contributed by atoms with van der Waals surface area (Å²) < 4.78 is 35.1. The molecule has 1 aromatic carbocycles. The predicted octanol–water partition coefficient (Wildman–Crippen LogP) is 3.43. The molecular formula is C7H5Cl2F3N2. The summed E-state index contributed by atoms with van der Waals surface area (Å²) in [7, 11) is 0. The second-order valence-electron chi connectivity index (χ2n) is 2.41. The van der Waals surface area contributed by atoms with E-state index in [1.807, 2.05) is 5.43 Å². The van der Waals surface area contributed by atoms with Crippen LogP contribution in [0.25, 0.3) is 0 Å². The Bertz CT molecular complexity index is 307. The minimum atomic E-state index is -4.51. The number of hydrogen-bond donors (Lipinski definition) is 2. The zero-order chi connectivity index (χ0) is 10.8. The van der Waals surface area contributed by atoms with E-state index in [4.69, 9.17) is 23.2 Å². The van der Waals surface area contributed by atoms with E-state index < -0.39 is 6.30 Å². The first-order valence-electron chi connectivity index (χ1n) is 3.43. The van der Waals surface area contributed by atoms with Crippen molar-refractivity contribution in [2.75, 3.05) is 5.43 Å². The van der Waals surface area contributed by atoms with Crippen molar-refractivity contribution in [3.63, 3.8) is 0 Å². The van der Waals surface area contributed by atoms with Gasteiger partial charge in [-0.05, 0) is 18.2 Å². The molecule has 0 atom stereocenters. The molecule has 0 saturated heterocycles. The fourth-order valence-corrected chi connectivity index (χ4v) is 1.30. The molecule has 1 rings (SSSR count).